The maximum Gasteiger partial charge on any atom is 0.186 e. The number of aromatic hydroxyl groups is 1. The van der Waals surface area contributed by atoms with Gasteiger partial charge in [-0.25, -0.2) is 0 Å². The van der Waals surface area contributed by atoms with E-state index in [2.05, 4.69) is 0 Å². The summed E-state index contributed by atoms with van der Waals surface area (Å²) in [5, 5.41) is 68.9. The van der Waals surface area contributed by atoms with Crippen molar-refractivity contribution < 1.29 is 54.7 Å². The van der Waals surface area contributed by atoms with E-state index in [0.29, 0.717) is 12.8 Å². The summed E-state index contributed by atoms with van der Waals surface area (Å²) >= 11 is 0. The first kappa shape index (κ1) is 25.2. The van der Waals surface area contributed by atoms with Crippen LogP contribution in [0.2, 0.25) is 0 Å². The number of rotatable bonds is 9. The van der Waals surface area contributed by atoms with Crippen LogP contribution in [0.25, 0.3) is 0 Å². The number of hydrogen-bond acceptors (Lipinski definition) is 11. The van der Waals surface area contributed by atoms with Crippen molar-refractivity contribution in [3.8, 4) is 5.75 Å². The standard InChI is InChI=1S/C21H32O11/c1-10(2-3-11-4-6-12(23)7-5-11)30-21-19(28)17(26)16(25)14(32-21)9-29-20-18(27)15(24)13(8-22)31-20/h4-7,10,13-28H,2-3,8-9H2,1H3. The molecule has 1 aromatic carbocycles. The van der Waals surface area contributed by atoms with Crippen LogP contribution < -0.4 is 0 Å². The molecular formula is C21H32O11. The van der Waals surface area contributed by atoms with Gasteiger partial charge in [0, 0.05) is 0 Å². The molecule has 11 heteroatoms. The van der Waals surface area contributed by atoms with Gasteiger partial charge < -0.3 is 54.7 Å². The van der Waals surface area contributed by atoms with Crippen molar-refractivity contribution in [3.63, 3.8) is 0 Å². The summed E-state index contributed by atoms with van der Waals surface area (Å²) in [6.45, 7) is 0.932. The lowest BCUT2D eigenvalue weighted by atomic mass is 9.99. The van der Waals surface area contributed by atoms with Gasteiger partial charge in [-0.05, 0) is 37.5 Å². The van der Waals surface area contributed by atoms with Crippen molar-refractivity contribution in [2.75, 3.05) is 13.2 Å². The second-order valence-electron chi connectivity index (χ2n) is 8.21. The zero-order chi connectivity index (χ0) is 23.4. The summed E-state index contributed by atoms with van der Waals surface area (Å²) in [7, 11) is 0. The Bertz CT molecular complexity index is 701. The Morgan fingerprint density at radius 3 is 2.06 bits per heavy atom. The van der Waals surface area contributed by atoms with E-state index in [9.17, 15) is 30.6 Å². The molecule has 0 aliphatic carbocycles. The van der Waals surface area contributed by atoms with Crippen LogP contribution in [0, 0.1) is 0 Å². The largest absolute Gasteiger partial charge is 0.508 e. The first-order valence-electron chi connectivity index (χ1n) is 10.6. The third-order valence-corrected chi connectivity index (χ3v) is 5.73. The van der Waals surface area contributed by atoms with E-state index in [-0.39, 0.29) is 18.5 Å². The van der Waals surface area contributed by atoms with E-state index >= 15 is 0 Å². The fraction of sp³-hybridized carbons (Fsp3) is 0.714. The van der Waals surface area contributed by atoms with Crippen LogP contribution in [0.4, 0.5) is 0 Å². The topological polar surface area (TPSA) is 179 Å². The maximum atomic E-state index is 10.3. The molecule has 2 fully saturated rings. The van der Waals surface area contributed by atoms with E-state index in [0.717, 1.165) is 5.56 Å². The zero-order valence-electron chi connectivity index (χ0n) is 17.7. The van der Waals surface area contributed by atoms with Crippen molar-refractivity contribution >= 4 is 0 Å². The van der Waals surface area contributed by atoms with Gasteiger partial charge in [-0.2, -0.15) is 0 Å². The van der Waals surface area contributed by atoms with E-state index in [1.807, 2.05) is 0 Å². The molecule has 0 bridgehead atoms. The highest BCUT2D eigenvalue weighted by atomic mass is 16.7. The van der Waals surface area contributed by atoms with Crippen LogP contribution in [-0.2, 0) is 25.4 Å². The monoisotopic (exact) mass is 460 g/mol. The van der Waals surface area contributed by atoms with Crippen LogP contribution in [-0.4, -0.2) is 110 Å². The Balaban J connectivity index is 1.52. The summed E-state index contributed by atoms with van der Waals surface area (Å²) in [6.07, 6.45) is -11.0. The molecule has 0 radical (unpaired) electrons. The van der Waals surface area contributed by atoms with Gasteiger partial charge in [0.25, 0.3) is 0 Å². The molecule has 2 aliphatic rings. The number of benzene rings is 1. The fourth-order valence-corrected chi connectivity index (χ4v) is 3.69. The number of aliphatic hydroxyl groups is 6. The Labute approximate surface area is 185 Å². The normalized spacial score (nSPS) is 38.7. The van der Waals surface area contributed by atoms with Gasteiger partial charge in [0.05, 0.1) is 19.3 Å². The summed E-state index contributed by atoms with van der Waals surface area (Å²) < 4.78 is 21.9. The minimum absolute atomic E-state index is 0.175. The van der Waals surface area contributed by atoms with Crippen molar-refractivity contribution in [3.05, 3.63) is 29.8 Å². The highest BCUT2D eigenvalue weighted by Crippen LogP contribution is 2.27. The summed E-state index contributed by atoms with van der Waals surface area (Å²) in [5.41, 5.74) is 0.989. The molecule has 1 aromatic rings. The van der Waals surface area contributed by atoms with Crippen LogP contribution in [0.3, 0.4) is 0 Å². The second kappa shape index (κ2) is 11.2. The first-order valence-corrected chi connectivity index (χ1v) is 10.6. The molecule has 11 nitrogen and oxygen atoms in total. The highest BCUT2D eigenvalue weighted by Gasteiger charge is 2.47. The number of phenols is 1. The summed E-state index contributed by atoms with van der Waals surface area (Å²) in [4.78, 5) is 0. The van der Waals surface area contributed by atoms with Gasteiger partial charge in [0.1, 0.15) is 48.5 Å². The number of phenolic OH excluding ortho intramolecular Hbond substituents is 1. The molecule has 2 heterocycles. The van der Waals surface area contributed by atoms with Gasteiger partial charge in [-0.3, -0.25) is 0 Å². The lowest BCUT2D eigenvalue weighted by Crippen LogP contribution is -2.60. The lowest BCUT2D eigenvalue weighted by Gasteiger charge is -2.41. The molecule has 7 N–H and O–H groups in total. The fourth-order valence-electron chi connectivity index (χ4n) is 3.69. The van der Waals surface area contributed by atoms with Crippen LogP contribution in [0.1, 0.15) is 18.9 Å². The maximum absolute atomic E-state index is 10.3. The second-order valence-corrected chi connectivity index (χ2v) is 8.21. The first-order chi connectivity index (χ1) is 15.2. The Morgan fingerprint density at radius 1 is 0.844 bits per heavy atom. The molecule has 3 rings (SSSR count). The molecule has 10 atom stereocenters. The molecule has 32 heavy (non-hydrogen) atoms. The zero-order valence-corrected chi connectivity index (χ0v) is 17.7. The van der Waals surface area contributed by atoms with Crippen molar-refractivity contribution in [1.82, 2.24) is 0 Å². The number of hydrogen-bond donors (Lipinski definition) is 7. The molecule has 0 amide bonds. The van der Waals surface area contributed by atoms with Crippen molar-refractivity contribution in [2.24, 2.45) is 0 Å². The van der Waals surface area contributed by atoms with Crippen molar-refractivity contribution in [2.45, 2.75) is 81.2 Å². The van der Waals surface area contributed by atoms with Crippen LogP contribution >= 0.6 is 0 Å². The van der Waals surface area contributed by atoms with E-state index < -0.39 is 61.9 Å². The quantitative estimate of drug-likeness (QED) is 0.217. The average Bonchev–Trinajstić information content (AvgIpc) is 3.06. The van der Waals surface area contributed by atoms with Gasteiger partial charge >= 0.3 is 0 Å². The molecule has 2 aliphatic heterocycles. The SMILES string of the molecule is CC(CCc1ccc(O)cc1)OC1OC(COC2OC(CO)C(O)C2O)C(O)C(O)C1O. The van der Waals surface area contributed by atoms with E-state index in [1.54, 1.807) is 31.2 Å². The minimum Gasteiger partial charge on any atom is -0.508 e. The summed E-state index contributed by atoms with van der Waals surface area (Å²) in [6, 6.07) is 6.76. The molecular weight excluding hydrogens is 428 g/mol. The van der Waals surface area contributed by atoms with E-state index in [4.69, 9.17) is 24.1 Å². The van der Waals surface area contributed by atoms with Gasteiger partial charge in [-0.15, -0.1) is 0 Å². The predicted molar refractivity (Wildman–Crippen MR) is 107 cm³/mol. The Hall–Kier alpha value is -1.38. The molecule has 0 spiro atoms. The molecule has 2 saturated heterocycles. The van der Waals surface area contributed by atoms with Gasteiger partial charge in [0.15, 0.2) is 12.6 Å². The lowest BCUT2D eigenvalue weighted by molar-refractivity contribution is -0.318. The molecule has 0 aromatic heterocycles. The summed E-state index contributed by atoms with van der Waals surface area (Å²) in [5.74, 6) is 0.175. The van der Waals surface area contributed by atoms with Gasteiger partial charge in [0.2, 0.25) is 0 Å². The minimum atomic E-state index is -1.56. The number of ether oxygens (including phenoxy) is 4. The third kappa shape index (κ3) is 5.94. The Morgan fingerprint density at radius 2 is 1.44 bits per heavy atom. The highest BCUT2D eigenvalue weighted by molar-refractivity contribution is 5.25. The van der Waals surface area contributed by atoms with Crippen LogP contribution in [0.15, 0.2) is 24.3 Å². The Kier molecular flexibility index (Phi) is 8.81. The predicted octanol–water partition coefficient (Wildman–Crippen LogP) is -2.01. The third-order valence-electron chi connectivity index (χ3n) is 5.73. The van der Waals surface area contributed by atoms with Crippen LogP contribution in [0.5, 0.6) is 5.75 Å². The number of aryl methyl sites for hydroxylation is 1. The smallest absolute Gasteiger partial charge is 0.186 e. The molecule has 10 unspecified atom stereocenters. The van der Waals surface area contributed by atoms with Crippen molar-refractivity contribution in [1.29, 1.82) is 0 Å². The molecule has 0 saturated carbocycles. The average molecular weight is 460 g/mol. The van der Waals surface area contributed by atoms with E-state index in [1.165, 1.54) is 0 Å². The molecule has 182 valence electrons. The number of aliphatic hydroxyl groups excluding tert-OH is 6. The van der Waals surface area contributed by atoms with Gasteiger partial charge in [-0.1, -0.05) is 12.1 Å².